The van der Waals surface area contributed by atoms with Crippen LogP contribution in [0.25, 0.3) is 6.08 Å². The molecule has 0 aliphatic heterocycles. The zero-order valence-electron chi connectivity index (χ0n) is 18.0. The number of methoxy groups -OCH3 is 1. The standard InChI is InChI=1S/C25H19F2N3O4/c1-33-23-13-16(12-17(14-28)25(32)29-19-9-7-18(26)8-10-19)6-11-22(23)34-15-24(31)30-21-5-3-2-4-20(21)27/h2-13H,15H2,1H3,(H,29,32)(H,30,31). The van der Waals surface area contributed by atoms with E-state index in [0.717, 1.165) is 0 Å². The highest BCUT2D eigenvalue weighted by atomic mass is 19.1. The fourth-order valence-corrected chi connectivity index (χ4v) is 2.83. The molecule has 2 amide bonds. The predicted octanol–water partition coefficient (Wildman–Crippen LogP) is 4.54. The van der Waals surface area contributed by atoms with Gasteiger partial charge in [-0.25, -0.2) is 8.78 Å². The Bertz CT molecular complexity index is 1270. The number of carbonyl (C=O) groups excluding carboxylic acids is 2. The molecule has 0 spiro atoms. The van der Waals surface area contributed by atoms with E-state index in [2.05, 4.69) is 10.6 Å². The van der Waals surface area contributed by atoms with E-state index in [4.69, 9.17) is 9.47 Å². The van der Waals surface area contributed by atoms with Crippen LogP contribution in [0.2, 0.25) is 0 Å². The maximum atomic E-state index is 13.7. The highest BCUT2D eigenvalue weighted by Crippen LogP contribution is 2.29. The van der Waals surface area contributed by atoms with Gasteiger partial charge in [0.15, 0.2) is 18.1 Å². The number of hydrogen-bond acceptors (Lipinski definition) is 5. The molecule has 0 saturated carbocycles. The smallest absolute Gasteiger partial charge is 0.266 e. The summed E-state index contributed by atoms with van der Waals surface area (Å²) < 4.78 is 37.4. The number of amides is 2. The number of nitrogens with zero attached hydrogens (tertiary/aromatic N) is 1. The number of rotatable bonds is 8. The van der Waals surface area contributed by atoms with Gasteiger partial charge in [-0.05, 0) is 60.2 Å². The number of halogens is 2. The summed E-state index contributed by atoms with van der Waals surface area (Å²) in [5.41, 5.74) is 0.643. The van der Waals surface area contributed by atoms with Crippen LogP contribution in [0, 0.1) is 23.0 Å². The Morgan fingerprint density at radius 1 is 1.00 bits per heavy atom. The molecule has 0 atom stereocenters. The summed E-state index contributed by atoms with van der Waals surface area (Å²) >= 11 is 0. The van der Waals surface area contributed by atoms with E-state index in [1.807, 2.05) is 6.07 Å². The number of anilines is 2. The van der Waals surface area contributed by atoms with Crippen molar-refractivity contribution in [3.05, 3.63) is 89.5 Å². The average molecular weight is 463 g/mol. The van der Waals surface area contributed by atoms with Crippen LogP contribution in [0.4, 0.5) is 20.2 Å². The first kappa shape index (κ1) is 23.9. The molecule has 3 aromatic carbocycles. The normalized spacial score (nSPS) is 10.7. The van der Waals surface area contributed by atoms with Crippen LogP contribution in [0.1, 0.15) is 5.56 Å². The molecule has 0 saturated heterocycles. The first-order chi connectivity index (χ1) is 16.4. The van der Waals surface area contributed by atoms with Crippen molar-refractivity contribution in [2.24, 2.45) is 0 Å². The van der Waals surface area contributed by atoms with Crippen LogP contribution in [0.15, 0.2) is 72.3 Å². The van der Waals surface area contributed by atoms with Crippen LogP contribution in [0.3, 0.4) is 0 Å². The van der Waals surface area contributed by atoms with E-state index in [1.165, 1.54) is 67.8 Å². The average Bonchev–Trinajstić information content (AvgIpc) is 2.84. The van der Waals surface area contributed by atoms with E-state index in [0.29, 0.717) is 11.3 Å². The lowest BCUT2D eigenvalue weighted by Gasteiger charge is -2.12. The molecule has 34 heavy (non-hydrogen) atoms. The van der Waals surface area contributed by atoms with E-state index in [9.17, 15) is 23.6 Å². The number of hydrogen-bond donors (Lipinski definition) is 2. The third kappa shape index (κ3) is 6.40. The molecule has 0 aliphatic rings. The Labute approximate surface area is 194 Å². The summed E-state index contributed by atoms with van der Waals surface area (Å²) in [7, 11) is 1.39. The van der Waals surface area contributed by atoms with E-state index in [1.54, 1.807) is 12.1 Å². The fraction of sp³-hybridized carbons (Fsp3) is 0.0800. The molecule has 172 valence electrons. The quantitative estimate of drug-likeness (QED) is 0.378. The van der Waals surface area contributed by atoms with Gasteiger partial charge in [-0.1, -0.05) is 18.2 Å². The summed E-state index contributed by atoms with van der Waals surface area (Å²) in [4.78, 5) is 24.5. The van der Waals surface area contributed by atoms with Crippen LogP contribution in [-0.4, -0.2) is 25.5 Å². The van der Waals surface area contributed by atoms with Gasteiger partial charge >= 0.3 is 0 Å². The van der Waals surface area contributed by atoms with Crippen molar-refractivity contribution in [2.45, 2.75) is 0 Å². The van der Waals surface area contributed by atoms with Crippen molar-refractivity contribution in [2.75, 3.05) is 24.4 Å². The second-order valence-corrected chi connectivity index (χ2v) is 6.86. The Hall–Kier alpha value is -4.71. The zero-order chi connectivity index (χ0) is 24.5. The Balaban J connectivity index is 1.68. The molecule has 2 N–H and O–H groups in total. The maximum Gasteiger partial charge on any atom is 0.266 e. The molecule has 0 aliphatic carbocycles. The topological polar surface area (TPSA) is 100 Å². The lowest BCUT2D eigenvalue weighted by atomic mass is 10.1. The second kappa shape index (κ2) is 11.2. The largest absolute Gasteiger partial charge is 0.493 e. The first-order valence-corrected chi connectivity index (χ1v) is 9.93. The van der Waals surface area contributed by atoms with Crippen molar-refractivity contribution in [3.63, 3.8) is 0 Å². The molecule has 3 rings (SSSR count). The van der Waals surface area contributed by atoms with E-state index < -0.39 is 30.1 Å². The number of nitrogens with one attached hydrogen (secondary N) is 2. The molecule has 0 heterocycles. The number of para-hydroxylation sites is 1. The van der Waals surface area contributed by atoms with Crippen molar-refractivity contribution in [1.82, 2.24) is 0 Å². The molecule has 0 fully saturated rings. The lowest BCUT2D eigenvalue weighted by molar-refractivity contribution is -0.118. The SMILES string of the molecule is COc1cc(C=C(C#N)C(=O)Nc2ccc(F)cc2)ccc1OCC(=O)Nc1ccccc1F. The molecular formula is C25H19F2N3O4. The molecule has 9 heteroatoms. The number of benzene rings is 3. The van der Waals surface area contributed by atoms with Gasteiger partial charge in [0.25, 0.3) is 11.8 Å². The summed E-state index contributed by atoms with van der Waals surface area (Å²) in [6.45, 7) is -0.399. The third-order valence-corrected chi connectivity index (χ3v) is 4.47. The monoisotopic (exact) mass is 463 g/mol. The lowest BCUT2D eigenvalue weighted by Crippen LogP contribution is -2.20. The molecule has 0 aromatic heterocycles. The summed E-state index contributed by atoms with van der Waals surface area (Å²) in [6.07, 6.45) is 1.34. The van der Waals surface area contributed by atoms with Crippen LogP contribution < -0.4 is 20.1 Å². The van der Waals surface area contributed by atoms with Gasteiger partial charge in [0.05, 0.1) is 12.8 Å². The highest BCUT2D eigenvalue weighted by molar-refractivity contribution is 6.09. The van der Waals surface area contributed by atoms with Gasteiger partial charge in [0, 0.05) is 5.69 Å². The van der Waals surface area contributed by atoms with Gasteiger partial charge in [0.2, 0.25) is 0 Å². The highest BCUT2D eigenvalue weighted by Gasteiger charge is 2.13. The van der Waals surface area contributed by atoms with Crippen LogP contribution in [0.5, 0.6) is 11.5 Å². The van der Waals surface area contributed by atoms with Crippen LogP contribution >= 0.6 is 0 Å². The molecule has 0 bridgehead atoms. The minimum atomic E-state index is -0.668. The maximum absolute atomic E-state index is 13.7. The van der Waals surface area contributed by atoms with Gasteiger partial charge in [-0.2, -0.15) is 5.26 Å². The summed E-state index contributed by atoms with van der Waals surface area (Å²) in [6, 6.07) is 17.3. The minimum Gasteiger partial charge on any atom is -0.493 e. The van der Waals surface area contributed by atoms with Crippen LogP contribution in [-0.2, 0) is 9.59 Å². The molecule has 3 aromatic rings. The van der Waals surface area contributed by atoms with E-state index >= 15 is 0 Å². The Morgan fingerprint density at radius 2 is 1.74 bits per heavy atom. The molecule has 0 unspecified atom stereocenters. The van der Waals surface area contributed by atoms with Gasteiger partial charge in [-0.15, -0.1) is 0 Å². The Kier molecular flexibility index (Phi) is 7.92. The van der Waals surface area contributed by atoms with Crippen molar-refractivity contribution in [1.29, 1.82) is 5.26 Å². The number of nitriles is 1. The molecular weight excluding hydrogens is 444 g/mol. The first-order valence-electron chi connectivity index (χ1n) is 9.93. The Morgan fingerprint density at radius 3 is 2.41 bits per heavy atom. The second-order valence-electron chi connectivity index (χ2n) is 6.86. The van der Waals surface area contributed by atoms with Crippen molar-refractivity contribution < 1.29 is 27.8 Å². The molecule has 7 nitrogen and oxygen atoms in total. The van der Waals surface area contributed by atoms with Crippen molar-refractivity contribution >= 4 is 29.3 Å². The molecule has 0 radical (unpaired) electrons. The predicted molar refractivity (Wildman–Crippen MR) is 122 cm³/mol. The number of carbonyl (C=O) groups is 2. The van der Waals surface area contributed by atoms with E-state index in [-0.39, 0.29) is 22.8 Å². The summed E-state index contributed by atoms with van der Waals surface area (Å²) in [5, 5.41) is 14.3. The minimum absolute atomic E-state index is 0.0338. The van der Waals surface area contributed by atoms with Gasteiger partial charge < -0.3 is 20.1 Å². The number of ether oxygens (including phenoxy) is 2. The third-order valence-electron chi connectivity index (χ3n) is 4.47. The summed E-state index contributed by atoms with van der Waals surface area (Å²) in [5.74, 6) is -1.77. The fourth-order valence-electron chi connectivity index (χ4n) is 2.83. The van der Waals surface area contributed by atoms with Crippen molar-refractivity contribution in [3.8, 4) is 17.6 Å². The zero-order valence-corrected chi connectivity index (χ0v) is 18.0. The van der Waals surface area contributed by atoms with Gasteiger partial charge in [-0.3, -0.25) is 9.59 Å². The van der Waals surface area contributed by atoms with Gasteiger partial charge in [0.1, 0.15) is 23.3 Å².